The quantitative estimate of drug-likeness (QED) is 0.158. The van der Waals surface area contributed by atoms with Crippen molar-refractivity contribution in [3.63, 3.8) is 0 Å². The van der Waals surface area contributed by atoms with Crippen molar-refractivity contribution in [1.82, 2.24) is 0 Å². The first-order valence-electron chi connectivity index (χ1n) is 11.8. The second kappa shape index (κ2) is 13.7. The summed E-state index contributed by atoms with van der Waals surface area (Å²) in [5, 5.41) is 0. The Bertz CT molecular complexity index is 387. The molecule has 0 fully saturated rings. The molecule has 0 aliphatic heterocycles. The maximum absolute atomic E-state index is 6.33. The number of hydrogen-bond acceptors (Lipinski definition) is 3. The third-order valence-corrected chi connectivity index (χ3v) is 6.06. The maximum atomic E-state index is 6.33. The second-order valence-electron chi connectivity index (χ2n) is 7.78. The van der Waals surface area contributed by atoms with Gasteiger partial charge in [0.15, 0.2) is 0 Å². The van der Waals surface area contributed by atoms with Gasteiger partial charge in [-0.05, 0) is 59.3 Å². The summed E-state index contributed by atoms with van der Waals surface area (Å²) in [4.78, 5) is 0. The number of unbranched alkanes of at least 4 members (excludes halogenated alkanes) is 5. The molecule has 1 atom stereocenters. The zero-order valence-corrected chi connectivity index (χ0v) is 18.9. The third-order valence-electron chi connectivity index (χ3n) is 6.06. The molecule has 0 amide bonds. The van der Waals surface area contributed by atoms with Gasteiger partial charge in [0.25, 0.3) is 5.97 Å². The predicted molar refractivity (Wildman–Crippen MR) is 115 cm³/mol. The minimum atomic E-state index is -0.952. The Kier molecular flexibility index (Phi) is 12.5. The summed E-state index contributed by atoms with van der Waals surface area (Å²) in [7, 11) is 0. The molecule has 0 spiro atoms. The Balaban J connectivity index is 3.12. The monoisotopic (exact) mass is 382 g/mol. The molecule has 3 nitrogen and oxygen atoms in total. The molecule has 1 unspecified atom stereocenters. The second-order valence-corrected chi connectivity index (χ2v) is 7.78. The van der Waals surface area contributed by atoms with E-state index in [9.17, 15) is 0 Å². The normalized spacial score (nSPS) is 17.6. The van der Waals surface area contributed by atoms with Crippen LogP contribution in [0.4, 0.5) is 0 Å². The van der Waals surface area contributed by atoms with Crippen molar-refractivity contribution in [3.8, 4) is 0 Å². The lowest BCUT2D eigenvalue weighted by Gasteiger charge is -2.50. The lowest BCUT2D eigenvalue weighted by atomic mass is 9.68. The molecule has 0 N–H and O–H groups in total. The molecule has 0 bridgehead atoms. The Morgan fingerprint density at radius 3 is 1.85 bits per heavy atom. The summed E-state index contributed by atoms with van der Waals surface area (Å²) in [6.45, 7) is 12.5. The van der Waals surface area contributed by atoms with Crippen molar-refractivity contribution in [1.29, 1.82) is 0 Å². The number of allylic oxidation sites excluding steroid dienone is 1. The number of rotatable bonds is 16. The fraction of sp³-hybridized carbons (Fsp3) is 0.917. The molecular formula is C24H46O3. The van der Waals surface area contributed by atoms with Crippen molar-refractivity contribution in [3.05, 3.63) is 11.6 Å². The molecule has 160 valence electrons. The highest BCUT2D eigenvalue weighted by Crippen LogP contribution is 2.52. The fourth-order valence-electron chi connectivity index (χ4n) is 4.72. The standard InChI is InChI=1S/C24H46O3/c1-6-11-12-13-14-18-21-23(7-2,22-19-16-15-17-20-22)24(25-8-3,26-9-4)27-10-5/h19H,6-18,20-21H2,1-5H3. The molecular weight excluding hydrogens is 336 g/mol. The molecule has 0 saturated heterocycles. The van der Waals surface area contributed by atoms with Crippen molar-refractivity contribution in [2.75, 3.05) is 19.8 Å². The van der Waals surface area contributed by atoms with Gasteiger partial charge in [0.1, 0.15) is 0 Å². The molecule has 0 aromatic carbocycles. The van der Waals surface area contributed by atoms with Gasteiger partial charge in [0, 0.05) is 19.8 Å². The largest absolute Gasteiger partial charge is 0.327 e. The van der Waals surface area contributed by atoms with Gasteiger partial charge in [0.2, 0.25) is 0 Å². The van der Waals surface area contributed by atoms with E-state index >= 15 is 0 Å². The summed E-state index contributed by atoms with van der Waals surface area (Å²) in [6, 6.07) is 0. The third kappa shape index (κ3) is 6.58. The fourth-order valence-corrected chi connectivity index (χ4v) is 4.72. The Hall–Kier alpha value is -0.380. The van der Waals surface area contributed by atoms with Crippen LogP contribution in [0.1, 0.15) is 112 Å². The van der Waals surface area contributed by atoms with E-state index in [0.29, 0.717) is 19.8 Å². The average Bonchev–Trinajstić information content (AvgIpc) is 2.69. The van der Waals surface area contributed by atoms with E-state index in [1.54, 1.807) is 0 Å². The molecule has 0 heterocycles. The highest BCUT2D eigenvalue weighted by Gasteiger charge is 2.55. The molecule has 1 rings (SSSR count). The van der Waals surface area contributed by atoms with Crippen LogP contribution in [0.2, 0.25) is 0 Å². The topological polar surface area (TPSA) is 27.7 Å². The van der Waals surface area contributed by atoms with Crippen molar-refractivity contribution in [2.45, 2.75) is 118 Å². The maximum Gasteiger partial charge on any atom is 0.292 e. The van der Waals surface area contributed by atoms with Gasteiger partial charge in [0.05, 0.1) is 5.41 Å². The van der Waals surface area contributed by atoms with E-state index in [4.69, 9.17) is 14.2 Å². The summed E-state index contributed by atoms with van der Waals surface area (Å²) >= 11 is 0. The van der Waals surface area contributed by atoms with E-state index < -0.39 is 5.97 Å². The lowest BCUT2D eigenvalue weighted by Crippen LogP contribution is -2.56. The van der Waals surface area contributed by atoms with Crippen LogP contribution in [0.5, 0.6) is 0 Å². The van der Waals surface area contributed by atoms with Crippen LogP contribution >= 0.6 is 0 Å². The molecule has 27 heavy (non-hydrogen) atoms. The van der Waals surface area contributed by atoms with E-state index in [-0.39, 0.29) is 5.41 Å². The van der Waals surface area contributed by atoms with Crippen LogP contribution in [0.3, 0.4) is 0 Å². The first kappa shape index (κ1) is 24.7. The van der Waals surface area contributed by atoms with Crippen LogP contribution in [0.15, 0.2) is 11.6 Å². The average molecular weight is 383 g/mol. The lowest BCUT2D eigenvalue weighted by molar-refractivity contribution is -0.423. The SMILES string of the molecule is CCCCCCCCC(CC)(C1=CCCCC1)C(OCC)(OCC)OCC. The molecule has 0 aromatic rings. The zero-order chi connectivity index (χ0) is 20.0. The predicted octanol–water partition coefficient (Wildman–Crippen LogP) is 7.40. The number of hydrogen-bond donors (Lipinski definition) is 0. The number of ether oxygens (including phenoxy) is 3. The van der Waals surface area contributed by atoms with E-state index in [1.165, 1.54) is 63.4 Å². The van der Waals surface area contributed by atoms with Gasteiger partial charge in [-0.1, -0.05) is 64.0 Å². The minimum Gasteiger partial charge on any atom is -0.327 e. The Morgan fingerprint density at radius 1 is 0.778 bits per heavy atom. The molecule has 0 saturated carbocycles. The van der Waals surface area contributed by atoms with Gasteiger partial charge in [-0.3, -0.25) is 0 Å². The first-order chi connectivity index (χ1) is 13.2. The molecule has 1 aliphatic rings. The summed E-state index contributed by atoms with van der Waals surface area (Å²) < 4.78 is 19.0. The Labute approximate surface area is 169 Å². The summed E-state index contributed by atoms with van der Waals surface area (Å²) in [5.74, 6) is -0.952. The molecule has 0 aromatic heterocycles. The minimum absolute atomic E-state index is 0.180. The van der Waals surface area contributed by atoms with Gasteiger partial charge >= 0.3 is 0 Å². The van der Waals surface area contributed by atoms with E-state index in [1.807, 2.05) is 20.8 Å². The van der Waals surface area contributed by atoms with E-state index in [2.05, 4.69) is 19.9 Å². The molecule has 3 heteroatoms. The van der Waals surface area contributed by atoms with Crippen molar-refractivity contribution >= 4 is 0 Å². The van der Waals surface area contributed by atoms with Crippen molar-refractivity contribution < 1.29 is 14.2 Å². The van der Waals surface area contributed by atoms with Crippen molar-refractivity contribution in [2.24, 2.45) is 5.41 Å². The van der Waals surface area contributed by atoms with Crippen LogP contribution < -0.4 is 0 Å². The van der Waals surface area contributed by atoms with Gasteiger partial charge in [-0.25, -0.2) is 0 Å². The highest BCUT2D eigenvalue weighted by atomic mass is 16.9. The highest BCUT2D eigenvalue weighted by molar-refractivity contribution is 5.20. The van der Waals surface area contributed by atoms with E-state index in [0.717, 1.165) is 19.3 Å². The summed E-state index contributed by atoms with van der Waals surface area (Å²) in [6.07, 6.45) is 17.3. The van der Waals surface area contributed by atoms with Gasteiger partial charge in [-0.15, -0.1) is 0 Å². The Morgan fingerprint density at radius 2 is 1.37 bits per heavy atom. The first-order valence-corrected chi connectivity index (χ1v) is 11.8. The van der Waals surface area contributed by atoms with Crippen LogP contribution in [-0.2, 0) is 14.2 Å². The molecule has 0 radical (unpaired) electrons. The summed E-state index contributed by atoms with van der Waals surface area (Å²) in [5.41, 5.74) is 1.33. The van der Waals surface area contributed by atoms with Gasteiger partial charge in [-0.2, -0.15) is 0 Å². The smallest absolute Gasteiger partial charge is 0.292 e. The van der Waals surface area contributed by atoms with Crippen LogP contribution in [0.25, 0.3) is 0 Å². The molecule has 1 aliphatic carbocycles. The van der Waals surface area contributed by atoms with Crippen LogP contribution in [-0.4, -0.2) is 25.8 Å². The zero-order valence-electron chi connectivity index (χ0n) is 18.9. The van der Waals surface area contributed by atoms with Crippen LogP contribution in [0, 0.1) is 5.41 Å². The van der Waals surface area contributed by atoms with Gasteiger partial charge < -0.3 is 14.2 Å².